The highest BCUT2D eigenvalue weighted by atomic mass is 15.2. The lowest BCUT2D eigenvalue weighted by molar-refractivity contribution is 0.794. The summed E-state index contributed by atoms with van der Waals surface area (Å²) in [6, 6.07) is 68.7. The van der Waals surface area contributed by atoms with Crippen molar-refractivity contribution in [1.29, 1.82) is 0 Å². The number of nitrogens with zero attached hydrogens (tertiary/aromatic N) is 4. The molecule has 13 rings (SSSR count). The third kappa shape index (κ3) is 3.96. The van der Waals surface area contributed by atoms with Crippen LogP contribution in [0.4, 0.5) is 0 Å². The van der Waals surface area contributed by atoms with E-state index in [2.05, 4.69) is 203 Å². The molecule has 4 heteroatoms. The second-order valence-corrected chi connectivity index (χ2v) is 15.4. The Labute approximate surface area is 328 Å². The molecule has 0 aliphatic heterocycles. The molecule has 8 aromatic carbocycles. The van der Waals surface area contributed by atoms with Crippen molar-refractivity contribution < 1.29 is 0 Å². The lowest BCUT2D eigenvalue weighted by Gasteiger charge is -2.30. The topological polar surface area (TPSA) is 35.1 Å². The summed E-state index contributed by atoms with van der Waals surface area (Å²) in [6.07, 6.45) is 2.25. The molecular formula is C53H32N4. The van der Waals surface area contributed by atoms with E-state index in [0.717, 1.165) is 39.1 Å². The van der Waals surface area contributed by atoms with Crippen molar-refractivity contribution in [1.82, 2.24) is 19.2 Å². The molecular weight excluding hydrogens is 693 g/mol. The van der Waals surface area contributed by atoms with Gasteiger partial charge in [-0.05, 0) is 97.9 Å². The summed E-state index contributed by atoms with van der Waals surface area (Å²) in [7, 11) is 0. The van der Waals surface area contributed by atoms with Gasteiger partial charge < -0.3 is 4.57 Å². The zero-order valence-electron chi connectivity index (χ0n) is 30.8. The lowest BCUT2D eigenvalue weighted by atomic mass is 9.70. The minimum atomic E-state index is -0.408. The maximum atomic E-state index is 4.84. The van der Waals surface area contributed by atoms with Crippen molar-refractivity contribution in [3.05, 3.63) is 217 Å². The summed E-state index contributed by atoms with van der Waals surface area (Å²) in [5, 5.41) is 14.4. The fourth-order valence-electron chi connectivity index (χ4n) is 10.4. The molecule has 57 heavy (non-hydrogen) atoms. The number of fused-ring (bicyclic) bond motifs is 16. The lowest BCUT2D eigenvalue weighted by Crippen LogP contribution is -2.25. The molecule has 0 saturated carbocycles. The van der Waals surface area contributed by atoms with Crippen LogP contribution in [0.25, 0.3) is 88.7 Å². The monoisotopic (exact) mass is 724 g/mol. The highest BCUT2D eigenvalue weighted by Gasteiger charge is 2.51. The Hall–Kier alpha value is -7.56. The van der Waals surface area contributed by atoms with Crippen molar-refractivity contribution >= 4 is 38.2 Å². The highest BCUT2D eigenvalue weighted by Crippen LogP contribution is 2.63. The van der Waals surface area contributed by atoms with Gasteiger partial charge in [-0.1, -0.05) is 146 Å². The van der Waals surface area contributed by atoms with Gasteiger partial charge in [-0.25, -0.2) is 0 Å². The number of para-hydroxylation sites is 2. The summed E-state index contributed by atoms with van der Waals surface area (Å²) >= 11 is 0. The Morgan fingerprint density at radius 2 is 0.860 bits per heavy atom. The van der Waals surface area contributed by atoms with Gasteiger partial charge in [0, 0.05) is 39.2 Å². The fraction of sp³-hybridized carbons (Fsp3) is 0.0189. The van der Waals surface area contributed by atoms with E-state index in [4.69, 9.17) is 10.2 Å². The van der Waals surface area contributed by atoms with Gasteiger partial charge in [0.25, 0.3) is 0 Å². The first kappa shape index (κ1) is 30.7. The summed E-state index contributed by atoms with van der Waals surface area (Å²) in [4.78, 5) is 0. The normalized spacial score (nSPS) is 13.4. The number of hydrogen-bond acceptors (Lipinski definition) is 2. The second kappa shape index (κ2) is 11.2. The predicted octanol–water partition coefficient (Wildman–Crippen LogP) is 12.7. The molecule has 0 radical (unpaired) electrons. The molecule has 2 aliphatic carbocycles. The average Bonchev–Trinajstić information content (AvgIpc) is 4.02. The largest absolute Gasteiger partial charge is 0.309 e. The smallest absolute Gasteiger partial charge is 0.169 e. The van der Waals surface area contributed by atoms with Gasteiger partial charge >= 0.3 is 0 Å². The van der Waals surface area contributed by atoms with Gasteiger partial charge in [-0.2, -0.15) is 0 Å². The van der Waals surface area contributed by atoms with E-state index in [-0.39, 0.29) is 0 Å². The summed E-state index contributed by atoms with van der Waals surface area (Å²) in [5.41, 5.74) is 17.8. The highest BCUT2D eigenvalue weighted by molar-refractivity contribution is 6.09. The maximum Gasteiger partial charge on any atom is 0.169 e. The Balaban J connectivity index is 1.01. The van der Waals surface area contributed by atoms with Crippen LogP contribution in [0.15, 0.2) is 194 Å². The number of hydrogen-bond donors (Lipinski definition) is 0. The van der Waals surface area contributed by atoms with Crippen molar-refractivity contribution in [2.75, 3.05) is 0 Å². The Morgan fingerprint density at radius 1 is 0.368 bits per heavy atom. The average molecular weight is 725 g/mol. The molecule has 0 atom stereocenters. The molecule has 3 aromatic heterocycles. The maximum absolute atomic E-state index is 4.84. The van der Waals surface area contributed by atoms with E-state index in [1.165, 1.54) is 71.9 Å². The number of benzene rings is 8. The first-order chi connectivity index (χ1) is 28.3. The van der Waals surface area contributed by atoms with E-state index < -0.39 is 5.41 Å². The van der Waals surface area contributed by atoms with E-state index in [1.807, 2.05) is 0 Å². The van der Waals surface area contributed by atoms with Crippen LogP contribution in [-0.4, -0.2) is 19.2 Å². The zero-order valence-corrected chi connectivity index (χ0v) is 30.8. The van der Waals surface area contributed by atoms with Crippen LogP contribution in [0.1, 0.15) is 22.3 Å². The van der Waals surface area contributed by atoms with Crippen LogP contribution in [-0.2, 0) is 5.41 Å². The van der Waals surface area contributed by atoms with Crippen molar-refractivity contribution in [3.63, 3.8) is 0 Å². The molecule has 0 N–H and O–H groups in total. The summed E-state index contributed by atoms with van der Waals surface area (Å²) in [6.45, 7) is 0. The molecule has 3 heterocycles. The molecule has 0 bridgehead atoms. The van der Waals surface area contributed by atoms with E-state index in [1.54, 1.807) is 0 Å². The molecule has 0 saturated heterocycles. The summed E-state index contributed by atoms with van der Waals surface area (Å²) in [5.74, 6) is 0.814. The minimum absolute atomic E-state index is 0.408. The third-order valence-corrected chi connectivity index (χ3v) is 12.7. The van der Waals surface area contributed by atoms with Gasteiger partial charge in [0.15, 0.2) is 11.5 Å². The molecule has 11 aromatic rings. The Morgan fingerprint density at radius 3 is 1.47 bits per heavy atom. The first-order valence-electron chi connectivity index (χ1n) is 19.6. The fourth-order valence-corrected chi connectivity index (χ4v) is 10.4. The van der Waals surface area contributed by atoms with E-state index in [9.17, 15) is 0 Å². The van der Waals surface area contributed by atoms with Gasteiger partial charge in [0.2, 0.25) is 0 Å². The number of rotatable bonds is 3. The number of pyridine rings is 1. The minimum Gasteiger partial charge on any atom is -0.309 e. The predicted molar refractivity (Wildman–Crippen MR) is 232 cm³/mol. The molecule has 1 spiro atoms. The Kier molecular flexibility index (Phi) is 6.07. The molecule has 2 aliphatic rings. The van der Waals surface area contributed by atoms with Gasteiger partial charge in [0.05, 0.1) is 16.4 Å². The quantitative estimate of drug-likeness (QED) is 0.182. The van der Waals surface area contributed by atoms with Gasteiger partial charge in [-0.15, -0.1) is 10.2 Å². The molecule has 264 valence electrons. The van der Waals surface area contributed by atoms with Crippen LogP contribution in [0.2, 0.25) is 0 Å². The van der Waals surface area contributed by atoms with E-state index >= 15 is 0 Å². The van der Waals surface area contributed by atoms with Crippen molar-refractivity contribution in [2.45, 2.75) is 5.41 Å². The summed E-state index contributed by atoms with van der Waals surface area (Å²) < 4.78 is 4.53. The van der Waals surface area contributed by atoms with Crippen molar-refractivity contribution in [2.24, 2.45) is 0 Å². The standard InChI is InChI=1S/C53H32N4/c1-2-19-43-36(13-1)44(32-56-51(54-55-52(43)56)33-25-28-35(29-26-33)57-49-23-11-6-17-41(49)42-18-7-12-24-50(42)57)34-27-30-40-39-16-5-10-22-47(39)53(48(40)31-34)45-20-8-3-14-37(45)38-15-4-9-21-46(38)53/h1-32H. The molecule has 4 nitrogen and oxygen atoms in total. The second-order valence-electron chi connectivity index (χ2n) is 15.4. The molecule has 0 fully saturated rings. The molecule has 0 unspecified atom stereocenters. The van der Waals surface area contributed by atoms with Crippen LogP contribution in [0.5, 0.6) is 0 Å². The number of aromatic nitrogens is 4. The molecule has 0 amide bonds. The van der Waals surface area contributed by atoms with Crippen LogP contribution in [0.3, 0.4) is 0 Å². The Bertz CT molecular complexity index is 3360. The van der Waals surface area contributed by atoms with Crippen LogP contribution >= 0.6 is 0 Å². The SMILES string of the molecule is c1ccc2c(c1)-c1ccccc1C21c2ccccc2-c2ccc(-c3cn4c(-c5ccc(-n6c7ccccc7c7ccccc76)cc5)nnc4c4ccccc34)cc21. The van der Waals surface area contributed by atoms with Gasteiger partial charge in [0.1, 0.15) is 0 Å². The van der Waals surface area contributed by atoms with Crippen LogP contribution < -0.4 is 0 Å². The van der Waals surface area contributed by atoms with E-state index in [0.29, 0.717) is 0 Å². The third-order valence-electron chi connectivity index (χ3n) is 12.7. The van der Waals surface area contributed by atoms with Crippen molar-refractivity contribution in [3.8, 4) is 50.5 Å². The van der Waals surface area contributed by atoms with Crippen LogP contribution in [0, 0.1) is 0 Å². The zero-order chi connectivity index (χ0) is 37.2. The van der Waals surface area contributed by atoms with Gasteiger partial charge in [-0.3, -0.25) is 4.40 Å². The first-order valence-corrected chi connectivity index (χ1v) is 19.6.